The van der Waals surface area contributed by atoms with Gasteiger partial charge in [0.2, 0.25) is 0 Å². The molecule has 6 nitrogen and oxygen atoms in total. The second-order valence-electron chi connectivity index (χ2n) is 6.10. The number of amides is 1. The van der Waals surface area contributed by atoms with Crippen LogP contribution in [0.1, 0.15) is 21.6 Å². The molecule has 3 heterocycles. The second kappa shape index (κ2) is 5.72. The van der Waals surface area contributed by atoms with Crippen LogP contribution in [0.3, 0.4) is 0 Å². The van der Waals surface area contributed by atoms with Gasteiger partial charge in [-0.25, -0.2) is 4.98 Å². The summed E-state index contributed by atoms with van der Waals surface area (Å²) < 4.78 is 39.2. The lowest BCUT2D eigenvalue weighted by molar-refractivity contribution is -0.136. The molecule has 2 aromatic heterocycles. The molecule has 0 aliphatic carbocycles. The van der Waals surface area contributed by atoms with E-state index in [4.69, 9.17) is 0 Å². The Bertz CT molecular complexity index is 1010. The van der Waals surface area contributed by atoms with E-state index in [1.54, 1.807) is 6.07 Å². The minimum Gasteiger partial charge on any atom is -0.359 e. The zero-order valence-corrected chi connectivity index (χ0v) is 13.7. The Labute approximate surface area is 146 Å². The number of pyridine rings is 1. The number of para-hydroxylation sites is 1. The van der Waals surface area contributed by atoms with Gasteiger partial charge >= 0.3 is 6.18 Å². The number of nitrogens with zero attached hydrogens (tertiary/aromatic N) is 3. The van der Waals surface area contributed by atoms with Gasteiger partial charge in [-0.15, -0.1) is 0 Å². The molecule has 134 valence electrons. The molecular weight excluding hydrogens is 347 g/mol. The molecule has 3 aromatic rings. The van der Waals surface area contributed by atoms with Crippen LogP contribution in [0.5, 0.6) is 0 Å². The zero-order valence-electron chi connectivity index (χ0n) is 13.7. The number of aromatic nitrogens is 3. The Hall–Kier alpha value is -3.10. The number of hydrogen-bond donors (Lipinski definition) is 2. The lowest BCUT2D eigenvalue weighted by Gasteiger charge is -2.11. The highest BCUT2D eigenvalue weighted by molar-refractivity contribution is 6.07. The van der Waals surface area contributed by atoms with E-state index in [1.807, 2.05) is 18.0 Å². The van der Waals surface area contributed by atoms with E-state index in [-0.39, 0.29) is 22.4 Å². The Morgan fingerprint density at radius 2 is 2.08 bits per heavy atom. The van der Waals surface area contributed by atoms with Crippen LogP contribution in [0.4, 0.5) is 24.8 Å². The molecule has 26 heavy (non-hydrogen) atoms. The average Bonchev–Trinajstić information content (AvgIpc) is 3.18. The van der Waals surface area contributed by atoms with Crippen molar-refractivity contribution in [3.63, 3.8) is 0 Å². The fraction of sp³-hybridized carbons (Fsp3) is 0.235. The van der Waals surface area contributed by atoms with Crippen LogP contribution in [-0.4, -0.2) is 34.7 Å². The summed E-state index contributed by atoms with van der Waals surface area (Å²) in [7, 11) is 1.89. The quantitative estimate of drug-likeness (QED) is 0.735. The zero-order chi connectivity index (χ0) is 18.5. The molecule has 0 bridgehead atoms. The van der Waals surface area contributed by atoms with Crippen LogP contribution >= 0.6 is 0 Å². The molecule has 0 saturated carbocycles. The number of likely N-dealkylation sites (N-methyl/N-ethyl adjacent to an activating group) is 1. The van der Waals surface area contributed by atoms with Crippen LogP contribution in [0.25, 0.3) is 10.9 Å². The molecular formula is C17H14F3N5O. The number of benzene rings is 1. The first-order chi connectivity index (χ1) is 12.3. The standard InChI is InChI=1S/C17H14F3N5O/c1-25-8-7-9-5-6-12(21-15(9)25)16(26)22-14-10-3-2-4-11(17(18,19)20)13(10)23-24-14/h2-6H,7-8H2,1H3,(H2,22,23,24,26). The Kier molecular flexibility index (Phi) is 3.60. The second-order valence-corrected chi connectivity index (χ2v) is 6.10. The maximum Gasteiger partial charge on any atom is 0.418 e. The fourth-order valence-corrected chi connectivity index (χ4v) is 3.07. The van der Waals surface area contributed by atoms with E-state index in [2.05, 4.69) is 20.5 Å². The summed E-state index contributed by atoms with van der Waals surface area (Å²) in [6.07, 6.45) is -3.65. The third-order valence-corrected chi connectivity index (χ3v) is 4.40. The summed E-state index contributed by atoms with van der Waals surface area (Å²) in [5.41, 5.74) is 0.238. The maximum atomic E-state index is 13.1. The number of anilines is 2. The van der Waals surface area contributed by atoms with E-state index in [9.17, 15) is 18.0 Å². The lowest BCUT2D eigenvalue weighted by Crippen LogP contribution is -2.17. The van der Waals surface area contributed by atoms with Gasteiger partial charge in [-0.1, -0.05) is 12.1 Å². The van der Waals surface area contributed by atoms with Crippen molar-refractivity contribution >= 4 is 28.4 Å². The summed E-state index contributed by atoms with van der Waals surface area (Å²) in [5, 5.41) is 8.91. The van der Waals surface area contributed by atoms with Crippen LogP contribution in [0, 0.1) is 0 Å². The molecule has 4 rings (SSSR count). The molecule has 0 atom stereocenters. The van der Waals surface area contributed by atoms with E-state index in [0.29, 0.717) is 0 Å². The minimum atomic E-state index is -4.51. The van der Waals surface area contributed by atoms with E-state index >= 15 is 0 Å². The molecule has 1 aromatic carbocycles. The predicted octanol–water partition coefficient (Wildman–Crippen LogP) is 3.22. The highest BCUT2D eigenvalue weighted by Gasteiger charge is 2.33. The molecule has 1 aliphatic rings. The van der Waals surface area contributed by atoms with Gasteiger partial charge in [-0.2, -0.15) is 18.3 Å². The Balaban J connectivity index is 1.66. The average molecular weight is 361 g/mol. The topological polar surface area (TPSA) is 73.9 Å². The number of fused-ring (bicyclic) bond motifs is 2. The van der Waals surface area contributed by atoms with Crippen LogP contribution < -0.4 is 10.2 Å². The third kappa shape index (κ3) is 2.65. The fourth-order valence-electron chi connectivity index (χ4n) is 3.07. The SMILES string of the molecule is CN1CCc2ccc(C(=O)Nc3n[nH]c4c(C(F)(F)F)cccc34)nc21. The number of aromatic amines is 1. The number of halogens is 3. The van der Waals surface area contributed by atoms with Crippen molar-refractivity contribution in [2.75, 3.05) is 23.8 Å². The van der Waals surface area contributed by atoms with Crippen molar-refractivity contribution in [1.29, 1.82) is 0 Å². The molecule has 1 aliphatic heterocycles. The van der Waals surface area contributed by atoms with Crippen molar-refractivity contribution < 1.29 is 18.0 Å². The Morgan fingerprint density at radius 3 is 2.85 bits per heavy atom. The van der Waals surface area contributed by atoms with Gasteiger partial charge in [0.15, 0.2) is 5.82 Å². The molecule has 0 fully saturated rings. The van der Waals surface area contributed by atoms with Crippen molar-refractivity contribution in [3.8, 4) is 0 Å². The summed E-state index contributed by atoms with van der Waals surface area (Å²) in [4.78, 5) is 18.8. The third-order valence-electron chi connectivity index (χ3n) is 4.40. The van der Waals surface area contributed by atoms with Crippen molar-refractivity contribution in [3.05, 3.63) is 47.2 Å². The van der Waals surface area contributed by atoms with Gasteiger partial charge in [-0.3, -0.25) is 9.89 Å². The van der Waals surface area contributed by atoms with Crippen LogP contribution in [-0.2, 0) is 12.6 Å². The summed E-state index contributed by atoms with van der Waals surface area (Å²) in [6, 6.07) is 7.14. The Morgan fingerprint density at radius 1 is 1.27 bits per heavy atom. The molecule has 0 radical (unpaired) electrons. The minimum absolute atomic E-state index is 0.0340. The summed E-state index contributed by atoms with van der Waals surface area (Å²) >= 11 is 0. The monoisotopic (exact) mass is 361 g/mol. The van der Waals surface area contributed by atoms with Crippen molar-refractivity contribution in [2.45, 2.75) is 12.6 Å². The first-order valence-electron chi connectivity index (χ1n) is 7.91. The predicted molar refractivity (Wildman–Crippen MR) is 90.3 cm³/mol. The molecule has 0 saturated heterocycles. The molecule has 0 spiro atoms. The highest BCUT2D eigenvalue weighted by Crippen LogP contribution is 2.35. The van der Waals surface area contributed by atoms with Gasteiger partial charge < -0.3 is 10.2 Å². The van der Waals surface area contributed by atoms with Gasteiger partial charge in [0.1, 0.15) is 11.5 Å². The largest absolute Gasteiger partial charge is 0.418 e. The number of alkyl halides is 3. The first kappa shape index (κ1) is 16.4. The number of hydrogen-bond acceptors (Lipinski definition) is 4. The molecule has 1 amide bonds. The number of nitrogens with one attached hydrogen (secondary N) is 2. The van der Waals surface area contributed by atoms with Gasteiger partial charge in [-0.05, 0) is 30.2 Å². The maximum absolute atomic E-state index is 13.1. The van der Waals surface area contributed by atoms with Crippen molar-refractivity contribution in [1.82, 2.24) is 15.2 Å². The van der Waals surface area contributed by atoms with Crippen molar-refractivity contribution in [2.24, 2.45) is 0 Å². The number of carbonyl (C=O) groups is 1. The first-order valence-corrected chi connectivity index (χ1v) is 7.91. The van der Waals surface area contributed by atoms with Crippen LogP contribution in [0.15, 0.2) is 30.3 Å². The molecule has 9 heteroatoms. The van der Waals surface area contributed by atoms with E-state index < -0.39 is 17.6 Å². The van der Waals surface area contributed by atoms with Gasteiger partial charge in [0.05, 0.1) is 11.1 Å². The number of rotatable bonds is 2. The summed E-state index contributed by atoms with van der Waals surface area (Å²) in [6.45, 7) is 0.831. The highest BCUT2D eigenvalue weighted by atomic mass is 19.4. The number of H-pyrrole nitrogens is 1. The lowest BCUT2D eigenvalue weighted by atomic mass is 10.1. The van der Waals surface area contributed by atoms with Gasteiger partial charge in [0, 0.05) is 19.0 Å². The molecule has 0 unspecified atom stereocenters. The smallest absolute Gasteiger partial charge is 0.359 e. The number of carbonyl (C=O) groups excluding carboxylic acids is 1. The van der Waals surface area contributed by atoms with E-state index in [1.165, 1.54) is 12.1 Å². The van der Waals surface area contributed by atoms with Gasteiger partial charge in [0.25, 0.3) is 5.91 Å². The van der Waals surface area contributed by atoms with Crippen LogP contribution in [0.2, 0.25) is 0 Å². The normalized spacial score (nSPS) is 13.9. The van der Waals surface area contributed by atoms with E-state index in [0.717, 1.165) is 30.4 Å². The summed E-state index contributed by atoms with van der Waals surface area (Å²) in [5.74, 6) is 0.245. The molecule has 2 N–H and O–H groups in total.